The van der Waals surface area contributed by atoms with Crippen molar-refractivity contribution in [3.8, 4) is 0 Å². The molecule has 2 atom stereocenters. The molecule has 2 unspecified atom stereocenters. The van der Waals surface area contributed by atoms with Gasteiger partial charge in [-0.3, -0.25) is 0 Å². The molecule has 0 spiro atoms. The smallest absolute Gasteiger partial charge is 0.120 e. The third-order valence-electron chi connectivity index (χ3n) is 3.08. The summed E-state index contributed by atoms with van der Waals surface area (Å²) in [7, 11) is 0. The maximum atomic E-state index is 4.18. The zero-order chi connectivity index (χ0) is 9.80. The van der Waals surface area contributed by atoms with Crippen molar-refractivity contribution in [1.82, 2.24) is 15.3 Å². The van der Waals surface area contributed by atoms with Gasteiger partial charge in [-0.15, -0.1) is 0 Å². The van der Waals surface area contributed by atoms with Crippen LogP contribution in [0, 0.1) is 11.8 Å². The van der Waals surface area contributed by atoms with Gasteiger partial charge < -0.3 is 10.3 Å². The summed E-state index contributed by atoms with van der Waals surface area (Å²) in [6, 6.07) is 0. The van der Waals surface area contributed by atoms with Crippen molar-refractivity contribution in [2.45, 2.75) is 32.7 Å². The number of H-pyrrole nitrogens is 1. The molecule has 2 rings (SSSR count). The number of imidazole rings is 1. The fraction of sp³-hybridized carbons (Fsp3) is 0.727. The van der Waals surface area contributed by atoms with Crippen LogP contribution in [0.25, 0.3) is 0 Å². The molecule has 0 aromatic carbocycles. The third-order valence-corrected chi connectivity index (χ3v) is 3.08. The first kappa shape index (κ1) is 9.71. The normalized spacial score (nSPS) is 26.9. The van der Waals surface area contributed by atoms with Crippen molar-refractivity contribution in [2.24, 2.45) is 11.8 Å². The van der Waals surface area contributed by atoms with E-state index in [4.69, 9.17) is 0 Å². The average molecular weight is 193 g/mol. The van der Waals surface area contributed by atoms with Gasteiger partial charge in [-0.25, -0.2) is 4.98 Å². The molecule has 0 aliphatic heterocycles. The number of rotatable bonds is 4. The van der Waals surface area contributed by atoms with Crippen LogP contribution in [-0.4, -0.2) is 16.5 Å². The van der Waals surface area contributed by atoms with E-state index in [0.717, 1.165) is 30.7 Å². The quantitative estimate of drug-likeness (QED) is 0.767. The highest BCUT2D eigenvalue weighted by Crippen LogP contribution is 2.29. The number of nitrogens with zero attached hydrogens (tertiary/aromatic N) is 1. The van der Waals surface area contributed by atoms with E-state index >= 15 is 0 Å². The lowest BCUT2D eigenvalue weighted by Gasteiger charge is -2.09. The van der Waals surface area contributed by atoms with Gasteiger partial charge in [0.15, 0.2) is 0 Å². The molecule has 2 N–H and O–H groups in total. The molecule has 1 saturated carbocycles. The van der Waals surface area contributed by atoms with Crippen LogP contribution in [0.1, 0.15) is 32.0 Å². The molecule has 14 heavy (non-hydrogen) atoms. The molecule has 0 amide bonds. The highest BCUT2D eigenvalue weighted by atomic mass is 15.0. The van der Waals surface area contributed by atoms with E-state index in [1.165, 1.54) is 19.3 Å². The summed E-state index contributed by atoms with van der Waals surface area (Å²) >= 11 is 0. The number of aromatic amines is 1. The lowest BCUT2D eigenvalue weighted by atomic mass is 10.1. The maximum absolute atomic E-state index is 4.18. The second kappa shape index (κ2) is 4.60. The van der Waals surface area contributed by atoms with Crippen LogP contribution in [0.4, 0.5) is 0 Å². The Labute approximate surface area is 85.3 Å². The second-order valence-electron chi connectivity index (χ2n) is 4.45. The first-order valence-electron chi connectivity index (χ1n) is 5.53. The summed E-state index contributed by atoms with van der Waals surface area (Å²) in [6.07, 6.45) is 7.87. The predicted molar refractivity (Wildman–Crippen MR) is 56.8 cm³/mol. The molecule has 78 valence electrons. The van der Waals surface area contributed by atoms with Crippen LogP contribution in [0.5, 0.6) is 0 Å². The van der Waals surface area contributed by atoms with Gasteiger partial charge in [0.1, 0.15) is 5.82 Å². The van der Waals surface area contributed by atoms with Crippen molar-refractivity contribution in [1.29, 1.82) is 0 Å². The van der Waals surface area contributed by atoms with E-state index in [-0.39, 0.29) is 0 Å². The van der Waals surface area contributed by atoms with Crippen LogP contribution >= 0.6 is 0 Å². The minimum Gasteiger partial charge on any atom is -0.348 e. The molecule has 1 aliphatic carbocycles. The summed E-state index contributed by atoms with van der Waals surface area (Å²) < 4.78 is 0. The van der Waals surface area contributed by atoms with E-state index < -0.39 is 0 Å². The van der Waals surface area contributed by atoms with Crippen LogP contribution in [0.15, 0.2) is 12.4 Å². The summed E-state index contributed by atoms with van der Waals surface area (Å²) in [5.74, 6) is 2.86. The summed E-state index contributed by atoms with van der Waals surface area (Å²) in [5, 5.41) is 3.46. The minimum atomic E-state index is 0.873. The Morgan fingerprint density at radius 2 is 2.50 bits per heavy atom. The van der Waals surface area contributed by atoms with Gasteiger partial charge in [-0.2, -0.15) is 0 Å². The van der Waals surface area contributed by atoms with E-state index in [1.807, 2.05) is 6.20 Å². The van der Waals surface area contributed by atoms with Gasteiger partial charge in [0.2, 0.25) is 0 Å². The Hall–Kier alpha value is -0.830. The number of nitrogens with one attached hydrogen (secondary N) is 2. The fourth-order valence-electron chi connectivity index (χ4n) is 2.30. The van der Waals surface area contributed by atoms with Crippen LogP contribution in [0.2, 0.25) is 0 Å². The Bertz CT molecular complexity index is 256. The van der Waals surface area contributed by atoms with Gasteiger partial charge in [-0.1, -0.05) is 13.3 Å². The molecule has 0 radical (unpaired) electrons. The van der Waals surface area contributed by atoms with Crippen molar-refractivity contribution >= 4 is 0 Å². The number of aromatic nitrogens is 2. The first-order chi connectivity index (χ1) is 6.84. The number of hydrogen-bond acceptors (Lipinski definition) is 2. The van der Waals surface area contributed by atoms with Gasteiger partial charge >= 0.3 is 0 Å². The lowest BCUT2D eigenvalue weighted by Crippen LogP contribution is -2.21. The van der Waals surface area contributed by atoms with Gasteiger partial charge in [-0.05, 0) is 31.2 Å². The van der Waals surface area contributed by atoms with E-state index in [0.29, 0.717) is 0 Å². The van der Waals surface area contributed by atoms with E-state index in [1.54, 1.807) is 6.20 Å². The number of hydrogen-bond donors (Lipinski definition) is 2. The summed E-state index contributed by atoms with van der Waals surface area (Å²) in [4.78, 5) is 7.27. The minimum absolute atomic E-state index is 0.873. The Morgan fingerprint density at radius 3 is 3.14 bits per heavy atom. The molecular formula is C11H19N3. The molecule has 0 saturated heterocycles. The zero-order valence-corrected chi connectivity index (χ0v) is 8.79. The Balaban J connectivity index is 1.64. The monoisotopic (exact) mass is 193 g/mol. The third kappa shape index (κ3) is 2.58. The zero-order valence-electron chi connectivity index (χ0n) is 8.79. The first-order valence-corrected chi connectivity index (χ1v) is 5.53. The van der Waals surface area contributed by atoms with Crippen molar-refractivity contribution in [3.05, 3.63) is 18.2 Å². The molecule has 1 fully saturated rings. The molecule has 1 aliphatic rings. The summed E-state index contributed by atoms with van der Waals surface area (Å²) in [6.45, 7) is 4.37. The van der Waals surface area contributed by atoms with E-state index in [2.05, 4.69) is 22.2 Å². The van der Waals surface area contributed by atoms with Gasteiger partial charge in [0.05, 0.1) is 6.54 Å². The highest BCUT2D eigenvalue weighted by molar-refractivity contribution is 4.86. The SMILES string of the molecule is CC1CCC(CNCc2ncc[nH]2)C1. The van der Waals surface area contributed by atoms with Crippen LogP contribution in [0.3, 0.4) is 0 Å². The lowest BCUT2D eigenvalue weighted by molar-refractivity contribution is 0.467. The predicted octanol–water partition coefficient (Wildman–Crippen LogP) is 1.94. The standard InChI is InChI=1S/C11H19N3/c1-9-2-3-10(6-9)7-12-8-11-13-4-5-14-11/h4-5,9-10,12H,2-3,6-8H2,1H3,(H,13,14). The molecular weight excluding hydrogens is 174 g/mol. The van der Waals surface area contributed by atoms with Gasteiger partial charge in [0.25, 0.3) is 0 Å². The van der Waals surface area contributed by atoms with Gasteiger partial charge in [0, 0.05) is 12.4 Å². The summed E-state index contributed by atoms with van der Waals surface area (Å²) in [5.41, 5.74) is 0. The Morgan fingerprint density at radius 1 is 1.57 bits per heavy atom. The van der Waals surface area contributed by atoms with Crippen molar-refractivity contribution in [3.63, 3.8) is 0 Å². The van der Waals surface area contributed by atoms with E-state index in [9.17, 15) is 0 Å². The van der Waals surface area contributed by atoms with Crippen LogP contribution < -0.4 is 5.32 Å². The van der Waals surface area contributed by atoms with Crippen molar-refractivity contribution in [2.75, 3.05) is 6.54 Å². The molecule has 1 heterocycles. The second-order valence-corrected chi connectivity index (χ2v) is 4.45. The molecule has 0 bridgehead atoms. The average Bonchev–Trinajstić information content (AvgIpc) is 2.77. The largest absolute Gasteiger partial charge is 0.348 e. The molecule has 1 aromatic heterocycles. The molecule has 1 aromatic rings. The maximum Gasteiger partial charge on any atom is 0.120 e. The molecule has 3 heteroatoms. The molecule has 3 nitrogen and oxygen atoms in total. The highest BCUT2D eigenvalue weighted by Gasteiger charge is 2.20. The topological polar surface area (TPSA) is 40.7 Å². The Kier molecular flexibility index (Phi) is 3.19. The van der Waals surface area contributed by atoms with Crippen LogP contribution in [-0.2, 0) is 6.54 Å². The fourth-order valence-corrected chi connectivity index (χ4v) is 2.30. The van der Waals surface area contributed by atoms with Crippen molar-refractivity contribution < 1.29 is 0 Å².